The summed E-state index contributed by atoms with van der Waals surface area (Å²) in [7, 11) is 0. The number of aliphatic hydroxyl groups is 2. The van der Waals surface area contributed by atoms with Crippen LogP contribution < -0.4 is 5.32 Å². The third kappa shape index (κ3) is 2.92. The second-order valence-corrected chi connectivity index (χ2v) is 4.47. The molecule has 0 bridgehead atoms. The molecule has 0 fully saturated rings. The monoisotopic (exact) mass is 237 g/mol. The Bertz CT molecular complexity index is 396. The number of anilines is 1. The molecule has 94 valence electrons. The molecule has 0 amide bonds. The molecule has 1 aliphatic rings. The van der Waals surface area contributed by atoms with Crippen LogP contribution in [-0.2, 0) is 12.8 Å². The first-order chi connectivity index (χ1) is 8.20. The molecule has 17 heavy (non-hydrogen) atoms. The van der Waals surface area contributed by atoms with Gasteiger partial charge in [-0.1, -0.05) is 0 Å². The van der Waals surface area contributed by atoms with Gasteiger partial charge in [0.2, 0.25) is 0 Å². The largest absolute Gasteiger partial charge is 0.394 e. The van der Waals surface area contributed by atoms with E-state index in [1.54, 1.807) is 0 Å². The highest BCUT2D eigenvalue weighted by Gasteiger charge is 2.17. The Hall–Kier alpha value is -1.20. The Morgan fingerprint density at radius 2 is 2.06 bits per heavy atom. The van der Waals surface area contributed by atoms with Crippen LogP contribution in [0.15, 0.2) is 0 Å². The van der Waals surface area contributed by atoms with Crippen molar-refractivity contribution in [1.82, 2.24) is 9.97 Å². The first kappa shape index (κ1) is 12.3. The molecule has 0 saturated heterocycles. The maximum atomic E-state index is 9.34. The van der Waals surface area contributed by atoms with Gasteiger partial charge in [-0.25, -0.2) is 9.97 Å². The topological polar surface area (TPSA) is 78.3 Å². The Morgan fingerprint density at radius 1 is 1.29 bits per heavy atom. The highest BCUT2D eigenvalue weighted by Crippen LogP contribution is 2.25. The smallest absolute Gasteiger partial charge is 0.133 e. The SMILES string of the molecule is Cc1nc2c(c(NCC(O)CO)n1)CCCC2. The molecule has 0 aliphatic heterocycles. The lowest BCUT2D eigenvalue weighted by atomic mass is 9.96. The zero-order valence-electron chi connectivity index (χ0n) is 10.1. The summed E-state index contributed by atoms with van der Waals surface area (Å²) in [5.74, 6) is 1.58. The lowest BCUT2D eigenvalue weighted by Gasteiger charge is -2.19. The minimum Gasteiger partial charge on any atom is -0.394 e. The Balaban J connectivity index is 2.17. The number of nitrogens with zero attached hydrogens (tertiary/aromatic N) is 2. The summed E-state index contributed by atoms with van der Waals surface area (Å²) >= 11 is 0. The quantitative estimate of drug-likeness (QED) is 0.707. The minimum atomic E-state index is -0.746. The zero-order valence-corrected chi connectivity index (χ0v) is 10.1. The molecule has 5 nitrogen and oxygen atoms in total. The molecule has 3 N–H and O–H groups in total. The van der Waals surface area contributed by atoms with Crippen LogP contribution in [0.25, 0.3) is 0 Å². The summed E-state index contributed by atoms with van der Waals surface area (Å²) in [5, 5.41) is 21.2. The summed E-state index contributed by atoms with van der Waals surface area (Å²) in [5.41, 5.74) is 2.30. The first-order valence-corrected chi connectivity index (χ1v) is 6.10. The number of fused-ring (bicyclic) bond motifs is 1. The van der Waals surface area contributed by atoms with Crippen molar-refractivity contribution in [2.45, 2.75) is 38.7 Å². The average Bonchev–Trinajstić information content (AvgIpc) is 2.35. The van der Waals surface area contributed by atoms with Crippen LogP contribution in [0.2, 0.25) is 0 Å². The minimum absolute atomic E-state index is 0.237. The predicted octanol–water partition coefficient (Wildman–Crippen LogP) is 0.429. The van der Waals surface area contributed by atoms with E-state index in [2.05, 4.69) is 15.3 Å². The molecule has 1 aliphatic carbocycles. The molecule has 0 radical (unpaired) electrons. The third-order valence-corrected chi connectivity index (χ3v) is 3.01. The van der Waals surface area contributed by atoms with Crippen molar-refractivity contribution in [2.24, 2.45) is 0 Å². The van der Waals surface area contributed by atoms with Gasteiger partial charge in [0.25, 0.3) is 0 Å². The van der Waals surface area contributed by atoms with Crippen molar-refractivity contribution in [3.05, 3.63) is 17.1 Å². The van der Waals surface area contributed by atoms with Gasteiger partial charge in [-0.2, -0.15) is 0 Å². The van der Waals surface area contributed by atoms with Gasteiger partial charge in [-0.05, 0) is 32.6 Å². The molecule has 1 heterocycles. The molecule has 0 aromatic carbocycles. The van der Waals surface area contributed by atoms with Crippen molar-refractivity contribution >= 4 is 5.82 Å². The van der Waals surface area contributed by atoms with E-state index in [1.807, 2.05) is 6.92 Å². The molecule has 1 atom stereocenters. The lowest BCUT2D eigenvalue weighted by Crippen LogP contribution is -2.25. The van der Waals surface area contributed by atoms with Crippen LogP contribution in [0.3, 0.4) is 0 Å². The fraction of sp³-hybridized carbons (Fsp3) is 0.667. The fourth-order valence-corrected chi connectivity index (χ4v) is 2.14. The molecule has 1 unspecified atom stereocenters. The number of rotatable bonds is 4. The number of hydrogen-bond acceptors (Lipinski definition) is 5. The number of aryl methyl sites for hydroxylation is 2. The van der Waals surface area contributed by atoms with Crippen LogP contribution in [0, 0.1) is 6.92 Å². The summed E-state index contributed by atoms with van der Waals surface area (Å²) in [6.07, 6.45) is 3.60. The third-order valence-electron chi connectivity index (χ3n) is 3.01. The van der Waals surface area contributed by atoms with E-state index in [9.17, 15) is 5.11 Å². The second kappa shape index (κ2) is 5.42. The van der Waals surface area contributed by atoms with E-state index in [1.165, 1.54) is 12.0 Å². The van der Waals surface area contributed by atoms with E-state index in [-0.39, 0.29) is 6.61 Å². The summed E-state index contributed by atoms with van der Waals surface area (Å²) in [6.45, 7) is 1.96. The standard InChI is InChI=1S/C12H19N3O2/c1-8-14-11-5-3-2-4-10(11)12(15-8)13-6-9(17)7-16/h9,16-17H,2-7H2,1H3,(H,13,14,15). The average molecular weight is 237 g/mol. The van der Waals surface area contributed by atoms with Gasteiger partial charge in [0, 0.05) is 17.8 Å². The van der Waals surface area contributed by atoms with Gasteiger partial charge in [0.05, 0.1) is 12.7 Å². The van der Waals surface area contributed by atoms with Crippen molar-refractivity contribution in [1.29, 1.82) is 0 Å². The van der Waals surface area contributed by atoms with Crippen molar-refractivity contribution in [3.63, 3.8) is 0 Å². The van der Waals surface area contributed by atoms with Crippen molar-refractivity contribution in [3.8, 4) is 0 Å². The molecule has 2 rings (SSSR count). The summed E-state index contributed by atoms with van der Waals surface area (Å²) in [4.78, 5) is 8.84. The molecule has 0 spiro atoms. The Labute approximate surface area is 101 Å². The van der Waals surface area contributed by atoms with Gasteiger partial charge in [-0.3, -0.25) is 0 Å². The van der Waals surface area contributed by atoms with E-state index in [4.69, 9.17) is 5.11 Å². The molecule has 5 heteroatoms. The highest BCUT2D eigenvalue weighted by atomic mass is 16.3. The highest BCUT2D eigenvalue weighted by molar-refractivity contribution is 5.47. The molecular weight excluding hydrogens is 218 g/mol. The van der Waals surface area contributed by atoms with E-state index >= 15 is 0 Å². The van der Waals surface area contributed by atoms with Crippen molar-refractivity contribution < 1.29 is 10.2 Å². The number of hydrogen-bond donors (Lipinski definition) is 3. The van der Waals surface area contributed by atoms with E-state index in [0.29, 0.717) is 6.54 Å². The maximum Gasteiger partial charge on any atom is 0.133 e. The van der Waals surface area contributed by atoms with Gasteiger partial charge in [0.15, 0.2) is 0 Å². The van der Waals surface area contributed by atoms with Crippen LogP contribution in [0.4, 0.5) is 5.82 Å². The van der Waals surface area contributed by atoms with Crippen LogP contribution >= 0.6 is 0 Å². The van der Waals surface area contributed by atoms with Gasteiger partial charge >= 0.3 is 0 Å². The first-order valence-electron chi connectivity index (χ1n) is 6.10. The predicted molar refractivity (Wildman–Crippen MR) is 65.0 cm³/mol. The number of aliphatic hydroxyl groups excluding tert-OH is 2. The fourth-order valence-electron chi connectivity index (χ4n) is 2.14. The lowest BCUT2D eigenvalue weighted by molar-refractivity contribution is 0.105. The summed E-state index contributed by atoms with van der Waals surface area (Å²) in [6, 6.07) is 0. The summed E-state index contributed by atoms with van der Waals surface area (Å²) < 4.78 is 0. The normalized spacial score (nSPS) is 16.4. The van der Waals surface area contributed by atoms with Gasteiger partial charge < -0.3 is 15.5 Å². The number of aromatic nitrogens is 2. The zero-order chi connectivity index (χ0) is 12.3. The van der Waals surface area contributed by atoms with Gasteiger partial charge in [0.1, 0.15) is 11.6 Å². The maximum absolute atomic E-state index is 9.34. The van der Waals surface area contributed by atoms with Crippen LogP contribution in [-0.4, -0.2) is 39.4 Å². The second-order valence-electron chi connectivity index (χ2n) is 4.47. The van der Waals surface area contributed by atoms with Crippen molar-refractivity contribution in [2.75, 3.05) is 18.5 Å². The van der Waals surface area contributed by atoms with E-state index in [0.717, 1.165) is 36.6 Å². The molecule has 1 aromatic rings. The molecule has 1 aromatic heterocycles. The Morgan fingerprint density at radius 3 is 2.82 bits per heavy atom. The Kier molecular flexibility index (Phi) is 3.91. The van der Waals surface area contributed by atoms with Crippen LogP contribution in [0.5, 0.6) is 0 Å². The molecular formula is C12H19N3O2. The van der Waals surface area contributed by atoms with E-state index < -0.39 is 6.10 Å². The van der Waals surface area contributed by atoms with Crippen LogP contribution in [0.1, 0.15) is 29.9 Å². The molecule has 0 saturated carbocycles. The number of nitrogens with one attached hydrogen (secondary N) is 1. The van der Waals surface area contributed by atoms with Gasteiger partial charge in [-0.15, -0.1) is 0 Å².